The molecule has 2 heterocycles. The lowest BCUT2D eigenvalue weighted by molar-refractivity contribution is 0.0343. The van der Waals surface area contributed by atoms with Gasteiger partial charge < -0.3 is 15.0 Å². The van der Waals surface area contributed by atoms with Gasteiger partial charge in [-0.15, -0.1) is 11.3 Å². The third kappa shape index (κ3) is 3.76. The molecule has 0 amide bonds. The molecule has 1 aromatic rings. The summed E-state index contributed by atoms with van der Waals surface area (Å²) in [6, 6.07) is 1.18. The van der Waals surface area contributed by atoms with Crippen LogP contribution in [0.1, 0.15) is 50.6 Å². The van der Waals surface area contributed by atoms with Crippen LogP contribution in [0, 0.1) is 0 Å². The lowest BCUT2D eigenvalue weighted by atomic mass is 10.2. The van der Waals surface area contributed by atoms with Crippen LogP contribution in [0.25, 0.3) is 0 Å². The molecule has 0 bridgehead atoms. The van der Waals surface area contributed by atoms with Crippen LogP contribution in [0.5, 0.6) is 0 Å². The predicted molar refractivity (Wildman–Crippen MR) is 88.2 cm³/mol. The number of nitrogens with zero attached hydrogens (tertiary/aromatic N) is 2. The number of morpholine rings is 1. The van der Waals surface area contributed by atoms with Gasteiger partial charge in [0.1, 0.15) is 0 Å². The number of rotatable bonds is 6. The standard InChI is InChI=1S/C16H27N3OS/c1-4-5-14-15(8-17-13-6-7-13)21-16(18-14)19-9-12(3)20-10-11(19)2/h11-13,17H,4-10H2,1-3H3. The third-order valence-electron chi connectivity index (χ3n) is 4.24. The molecule has 0 spiro atoms. The van der Waals surface area contributed by atoms with Gasteiger partial charge in [-0.2, -0.15) is 0 Å². The van der Waals surface area contributed by atoms with Crippen LogP contribution in [0.3, 0.4) is 0 Å². The smallest absolute Gasteiger partial charge is 0.186 e. The van der Waals surface area contributed by atoms with Crippen molar-refractivity contribution in [3.05, 3.63) is 10.6 Å². The number of ether oxygens (including phenoxy) is 1. The normalized spacial score (nSPS) is 26.3. The zero-order valence-electron chi connectivity index (χ0n) is 13.4. The molecule has 2 aliphatic rings. The van der Waals surface area contributed by atoms with Crippen LogP contribution in [-0.4, -0.2) is 36.3 Å². The zero-order chi connectivity index (χ0) is 14.8. The van der Waals surface area contributed by atoms with Gasteiger partial charge in [0.05, 0.1) is 24.4 Å². The van der Waals surface area contributed by atoms with Crippen molar-refractivity contribution in [1.29, 1.82) is 0 Å². The Morgan fingerprint density at radius 1 is 1.38 bits per heavy atom. The first-order chi connectivity index (χ1) is 10.2. The van der Waals surface area contributed by atoms with E-state index in [1.165, 1.54) is 28.5 Å². The summed E-state index contributed by atoms with van der Waals surface area (Å²) in [4.78, 5) is 8.82. The molecule has 0 radical (unpaired) electrons. The Kier molecular flexibility index (Phi) is 4.82. The van der Waals surface area contributed by atoms with Gasteiger partial charge in [0.15, 0.2) is 5.13 Å². The Labute approximate surface area is 131 Å². The summed E-state index contributed by atoms with van der Waals surface area (Å²) in [5.74, 6) is 0. The van der Waals surface area contributed by atoms with Crippen LogP contribution >= 0.6 is 11.3 Å². The minimum absolute atomic E-state index is 0.299. The molecule has 21 heavy (non-hydrogen) atoms. The maximum Gasteiger partial charge on any atom is 0.186 e. The molecule has 1 saturated heterocycles. The first kappa shape index (κ1) is 15.3. The maximum absolute atomic E-state index is 5.74. The average Bonchev–Trinajstić information content (AvgIpc) is 3.21. The first-order valence-electron chi connectivity index (χ1n) is 8.27. The minimum Gasteiger partial charge on any atom is -0.375 e. The molecule has 2 unspecified atom stereocenters. The fraction of sp³-hybridized carbons (Fsp3) is 0.812. The predicted octanol–water partition coefficient (Wildman–Crippen LogP) is 2.96. The van der Waals surface area contributed by atoms with E-state index in [-0.39, 0.29) is 0 Å². The van der Waals surface area contributed by atoms with E-state index in [9.17, 15) is 0 Å². The summed E-state index contributed by atoms with van der Waals surface area (Å²) >= 11 is 1.88. The van der Waals surface area contributed by atoms with Gasteiger partial charge in [-0.1, -0.05) is 13.3 Å². The molecule has 0 aromatic carbocycles. The number of hydrogen-bond acceptors (Lipinski definition) is 5. The molecular formula is C16H27N3OS. The highest BCUT2D eigenvalue weighted by Crippen LogP contribution is 2.31. The molecule has 1 N–H and O–H groups in total. The molecule has 3 rings (SSSR count). The second-order valence-corrected chi connectivity index (χ2v) is 7.48. The molecule has 4 nitrogen and oxygen atoms in total. The van der Waals surface area contributed by atoms with Crippen molar-refractivity contribution >= 4 is 16.5 Å². The van der Waals surface area contributed by atoms with E-state index in [4.69, 9.17) is 9.72 Å². The average molecular weight is 309 g/mol. The summed E-state index contributed by atoms with van der Waals surface area (Å²) in [5, 5.41) is 4.82. The Bertz CT molecular complexity index is 472. The molecule has 2 atom stereocenters. The van der Waals surface area contributed by atoms with E-state index in [0.29, 0.717) is 12.1 Å². The molecule has 5 heteroatoms. The van der Waals surface area contributed by atoms with E-state index in [0.717, 1.165) is 38.6 Å². The highest BCUT2D eigenvalue weighted by atomic mass is 32.1. The van der Waals surface area contributed by atoms with Crippen LogP contribution in [0.2, 0.25) is 0 Å². The van der Waals surface area contributed by atoms with Crippen molar-refractivity contribution in [2.45, 2.75) is 71.2 Å². The molecule has 1 aliphatic carbocycles. The van der Waals surface area contributed by atoms with Gasteiger partial charge >= 0.3 is 0 Å². The second kappa shape index (κ2) is 6.63. The number of nitrogens with one attached hydrogen (secondary N) is 1. The van der Waals surface area contributed by atoms with Gasteiger partial charge in [0.2, 0.25) is 0 Å². The van der Waals surface area contributed by atoms with E-state index in [1.807, 2.05) is 11.3 Å². The van der Waals surface area contributed by atoms with Gasteiger partial charge in [-0.3, -0.25) is 0 Å². The van der Waals surface area contributed by atoms with Crippen molar-refractivity contribution in [3.8, 4) is 0 Å². The van der Waals surface area contributed by atoms with Crippen molar-refractivity contribution < 1.29 is 4.74 Å². The molecule has 1 saturated carbocycles. The maximum atomic E-state index is 5.74. The Balaban J connectivity index is 1.75. The van der Waals surface area contributed by atoms with Crippen molar-refractivity contribution in [3.63, 3.8) is 0 Å². The van der Waals surface area contributed by atoms with Crippen LogP contribution in [0.4, 0.5) is 5.13 Å². The highest BCUT2D eigenvalue weighted by molar-refractivity contribution is 7.15. The summed E-state index contributed by atoms with van der Waals surface area (Å²) in [5.41, 5.74) is 1.30. The molecular weight excluding hydrogens is 282 g/mol. The van der Waals surface area contributed by atoms with E-state index < -0.39 is 0 Å². The lowest BCUT2D eigenvalue weighted by Gasteiger charge is -2.36. The number of aryl methyl sites for hydroxylation is 1. The Morgan fingerprint density at radius 2 is 2.19 bits per heavy atom. The van der Waals surface area contributed by atoms with Gasteiger partial charge in [-0.05, 0) is 33.1 Å². The Hall–Kier alpha value is -0.650. The van der Waals surface area contributed by atoms with E-state index in [1.54, 1.807) is 0 Å². The second-order valence-electron chi connectivity index (χ2n) is 6.42. The van der Waals surface area contributed by atoms with Gasteiger partial charge in [0.25, 0.3) is 0 Å². The number of anilines is 1. The van der Waals surface area contributed by atoms with Crippen molar-refractivity contribution in [1.82, 2.24) is 10.3 Å². The summed E-state index contributed by atoms with van der Waals surface area (Å²) in [6.07, 6.45) is 5.23. The molecule has 1 aromatic heterocycles. The molecule has 1 aliphatic heterocycles. The van der Waals surface area contributed by atoms with Crippen LogP contribution in [-0.2, 0) is 17.7 Å². The zero-order valence-corrected chi connectivity index (χ0v) is 14.2. The monoisotopic (exact) mass is 309 g/mol. The fourth-order valence-corrected chi connectivity index (χ4v) is 3.93. The van der Waals surface area contributed by atoms with E-state index in [2.05, 4.69) is 31.0 Å². The summed E-state index contributed by atoms with van der Waals surface area (Å²) in [6.45, 7) is 9.36. The quantitative estimate of drug-likeness (QED) is 0.876. The van der Waals surface area contributed by atoms with Crippen LogP contribution in [0.15, 0.2) is 0 Å². The summed E-state index contributed by atoms with van der Waals surface area (Å²) in [7, 11) is 0. The molecule has 118 valence electrons. The third-order valence-corrected chi connectivity index (χ3v) is 5.37. The fourth-order valence-electron chi connectivity index (χ4n) is 2.76. The van der Waals surface area contributed by atoms with Crippen molar-refractivity contribution in [2.24, 2.45) is 0 Å². The summed E-state index contributed by atoms with van der Waals surface area (Å²) < 4.78 is 5.74. The number of hydrogen-bond donors (Lipinski definition) is 1. The largest absolute Gasteiger partial charge is 0.375 e. The van der Waals surface area contributed by atoms with Gasteiger partial charge in [-0.25, -0.2) is 4.98 Å². The molecule has 2 fully saturated rings. The number of thiazole rings is 1. The minimum atomic E-state index is 0.299. The van der Waals surface area contributed by atoms with Crippen LogP contribution < -0.4 is 10.2 Å². The SMILES string of the molecule is CCCc1nc(N2CC(C)OCC2C)sc1CNC1CC1. The van der Waals surface area contributed by atoms with E-state index >= 15 is 0 Å². The van der Waals surface area contributed by atoms with Crippen molar-refractivity contribution in [2.75, 3.05) is 18.1 Å². The number of aromatic nitrogens is 1. The lowest BCUT2D eigenvalue weighted by Crippen LogP contribution is -2.47. The highest BCUT2D eigenvalue weighted by Gasteiger charge is 2.27. The Morgan fingerprint density at radius 3 is 2.90 bits per heavy atom. The topological polar surface area (TPSA) is 37.4 Å². The van der Waals surface area contributed by atoms with Gasteiger partial charge in [0, 0.05) is 24.0 Å². The first-order valence-corrected chi connectivity index (χ1v) is 9.09.